The highest BCUT2D eigenvalue weighted by atomic mass is 16.4. The number of aromatic carboxylic acids is 1. The predicted molar refractivity (Wildman–Crippen MR) is 112 cm³/mol. The quantitative estimate of drug-likeness (QED) is 0.632. The Bertz CT molecular complexity index is 1040. The van der Waals surface area contributed by atoms with Crippen molar-refractivity contribution in [3.8, 4) is 5.69 Å². The molecule has 1 saturated heterocycles. The maximum Gasteiger partial charge on any atom is 0.335 e. The van der Waals surface area contributed by atoms with Crippen molar-refractivity contribution in [3.05, 3.63) is 65.4 Å². The Morgan fingerprint density at radius 3 is 2.76 bits per heavy atom. The predicted octanol–water partition coefficient (Wildman–Crippen LogP) is 3.35. The number of likely N-dealkylation sites (tertiary alicyclic amines) is 1. The first kappa shape index (κ1) is 19.2. The summed E-state index contributed by atoms with van der Waals surface area (Å²) in [7, 11) is 0. The van der Waals surface area contributed by atoms with Gasteiger partial charge in [0.1, 0.15) is 0 Å². The number of nitrogens with zero attached hydrogens (tertiary/aromatic N) is 2. The van der Waals surface area contributed by atoms with Crippen molar-refractivity contribution in [2.45, 2.75) is 32.4 Å². The molecule has 3 aromatic rings. The van der Waals surface area contributed by atoms with Crippen molar-refractivity contribution in [1.82, 2.24) is 14.8 Å². The summed E-state index contributed by atoms with van der Waals surface area (Å²) >= 11 is 0. The molecule has 1 atom stereocenters. The lowest BCUT2D eigenvalue weighted by molar-refractivity contribution is -0.110. The molecule has 1 aliphatic rings. The molecule has 6 heteroatoms. The molecule has 29 heavy (non-hydrogen) atoms. The summed E-state index contributed by atoms with van der Waals surface area (Å²) in [5.41, 5.74) is 4.61. The normalized spacial score (nSPS) is 17.3. The van der Waals surface area contributed by atoms with Crippen LogP contribution >= 0.6 is 0 Å². The van der Waals surface area contributed by atoms with Crippen LogP contribution < -0.4 is 5.32 Å². The summed E-state index contributed by atoms with van der Waals surface area (Å²) in [5, 5.41) is 13.4. The molecule has 0 aliphatic carbocycles. The number of aromatic nitrogens is 1. The number of benzene rings is 2. The lowest BCUT2D eigenvalue weighted by Gasteiger charge is -2.32. The summed E-state index contributed by atoms with van der Waals surface area (Å²) < 4.78 is 2.20. The molecule has 2 aromatic carbocycles. The van der Waals surface area contributed by atoms with Crippen LogP contribution in [0.5, 0.6) is 0 Å². The van der Waals surface area contributed by atoms with Crippen LogP contribution in [0.25, 0.3) is 16.6 Å². The minimum Gasteiger partial charge on any atom is -0.478 e. The van der Waals surface area contributed by atoms with Gasteiger partial charge in [-0.15, -0.1) is 0 Å². The summed E-state index contributed by atoms with van der Waals surface area (Å²) in [6.07, 6.45) is 2.80. The van der Waals surface area contributed by atoms with Crippen molar-refractivity contribution < 1.29 is 14.7 Å². The SMILES string of the molecule is Cc1c(CN2CCCC(NC=O)C2)c2cc(C(=O)O)ccc2n1-c1ccccc1. The van der Waals surface area contributed by atoms with Gasteiger partial charge in [-0.2, -0.15) is 0 Å². The van der Waals surface area contributed by atoms with Gasteiger partial charge in [-0.1, -0.05) is 18.2 Å². The van der Waals surface area contributed by atoms with Gasteiger partial charge in [-0.05, 0) is 62.2 Å². The van der Waals surface area contributed by atoms with E-state index >= 15 is 0 Å². The Balaban J connectivity index is 1.79. The van der Waals surface area contributed by atoms with E-state index in [9.17, 15) is 14.7 Å². The van der Waals surface area contributed by atoms with Gasteiger partial charge in [0, 0.05) is 35.9 Å². The van der Waals surface area contributed by atoms with E-state index in [-0.39, 0.29) is 6.04 Å². The minimum absolute atomic E-state index is 0.165. The number of piperidine rings is 1. The second-order valence-electron chi connectivity index (χ2n) is 7.63. The van der Waals surface area contributed by atoms with E-state index < -0.39 is 5.97 Å². The number of amides is 1. The molecule has 2 heterocycles. The zero-order valence-corrected chi connectivity index (χ0v) is 16.5. The first-order chi connectivity index (χ1) is 14.1. The number of hydrogen-bond donors (Lipinski definition) is 2. The van der Waals surface area contributed by atoms with Crippen LogP contribution in [0.2, 0.25) is 0 Å². The number of fused-ring (bicyclic) bond motifs is 1. The largest absolute Gasteiger partial charge is 0.478 e. The number of nitrogens with one attached hydrogen (secondary N) is 1. The minimum atomic E-state index is -0.920. The van der Waals surface area contributed by atoms with Gasteiger partial charge in [0.15, 0.2) is 0 Å². The van der Waals surface area contributed by atoms with Crippen molar-refractivity contribution in [1.29, 1.82) is 0 Å². The Hall–Kier alpha value is -3.12. The number of carbonyl (C=O) groups excluding carboxylic acids is 1. The number of rotatable bonds is 6. The maximum absolute atomic E-state index is 11.6. The summed E-state index contributed by atoms with van der Waals surface area (Å²) in [4.78, 5) is 24.7. The first-order valence-electron chi connectivity index (χ1n) is 9.93. The van der Waals surface area contributed by atoms with Crippen LogP contribution in [-0.4, -0.2) is 46.1 Å². The van der Waals surface area contributed by atoms with Crippen LogP contribution in [0.1, 0.15) is 34.5 Å². The van der Waals surface area contributed by atoms with Crippen molar-refractivity contribution in [2.24, 2.45) is 0 Å². The van der Waals surface area contributed by atoms with Crippen LogP contribution in [0.15, 0.2) is 48.5 Å². The topological polar surface area (TPSA) is 74.6 Å². The Morgan fingerprint density at radius 1 is 1.24 bits per heavy atom. The number of carbonyl (C=O) groups is 2. The molecule has 1 unspecified atom stereocenters. The molecule has 0 bridgehead atoms. The van der Waals surface area contributed by atoms with E-state index in [1.165, 1.54) is 0 Å². The fourth-order valence-corrected chi connectivity index (χ4v) is 4.38. The smallest absolute Gasteiger partial charge is 0.335 e. The third-order valence-electron chi connectivity index (χ3n) is 5.79. The number of carboxylic acids is 1. The molecule has 1 fully saturated rings. The van der Waals surface area contributed by atoms with E-state index in [2.05, 4.69) is 33.8 Å². The molecule has 1 amide bonds. The third-order valence-corrected chi connectivity index (χ3v) is 5.79. The van der Waals surface area contributed by atoms with Gasteiger partial charge in [0.2, 0.25) is 6.41 Å². The van der Waals surface area contributed by atoms with E-state index in [1.807, 2.05) is 24.3 Å². The number of para-hydroxylation sites is 1. The van der Waals surface area contributed by atoms with Gasteiger partial charge < -0.3 is 15.0 Å². The zero-order chi connectivity index (χ0) is 20.4. The van der Waals surface area contributed by atoms with Crippen LogP contribution in [-0.2, 0) is 11.3 Å². The van der Waals surface area contributed by atoms with Gasteiger partial charge in [-0.25, -0.2) is 4.79 Å². The average molecular weight is 391 g/mol. The Kier molecular flexibility index (Phi) is 5.36. The van der Waals surface area contributed by atoms with Gasteiger partial charge in [0.05, 0.1) is 11.1 Å². The van der Waals surface area contributed by atoms with E-state index in [4.69, 9.17) is 0 Å². The number of hydrogen-bond acceptors (Lipinski definition) is 3. The van der Waals surface area contributed by atoms with Crippen LogP contribution in [0.4, 0.5) is 0 Å². The lowest BCUT2D eigenvalue weighted by atomic mass is 10.0. The van der Waals surface area contributed by atoms with Gasteiger partial charge >= 0.3 is 5.97 Å². The molecular formula is C23H25N3O3. The summed E-state index contributed by atoms with van der Waals surface area (Å²) in [6.45, 7) is 4.58. The molecular weight excluding hydrogens is 366 g/mol. The lowest BCUT2D eigenvalue weighted by Crippen LogP contribution is -2.44. The fourth-order valence-electron chi connectivity index (χ4n) is 4.38. The second-order valence-corrected chi connectivity index (χ2v) is 7.63. The standard InChI is InChI=1S/C23H25N3O3/c1-16-21(14-25-11-5-6-18(13-25)24-15-27)20-12-17(23(28)29)9-10-22(20)26(16)19-7-3-2-4-8-19/h2-4,7-10,12,15,18H,5-6,11,13-14H2,1H3,(H,24,27)(H,28,29). The van der Waals surface area contributed by atoms with E-state index in [0.29, 0.717) is 5.56 Å². The van der Waals surface area contributed by atoms with Crippen LogP contribution in [0, 0.1) is 6.92 Å². The van der Waals surface area contributed by atoms with Crippen molar-refractivity contribution in [2.75, 3.05) is 13.1 Å². The zero-order valence-electron chi connectivity index (χ0n) is 16.5. The molecule has 6 nitrogen and oxygen atoms in total. The molecule has 1 aromatic heterocycles. The highest BCUT2D eigenvalue weighted by Crippen LogP contribution is 2.31. The summed E-state index contributed by atoms with van der Waals surface area (Å²) in [5.74, 6) is -0.920. The van der Waals surface area contributed by atoms with Gasteiger partial charge in [0.25, 0.3) is 0 Å². The van der Waals surface area contributed by atoms with E-state index in [0.717, 1.165) is 66.7 Å². The second kappa shape index (κ2) is 8.09. The fraction of sp³-hybridized carbons (Fsp3) is 0.304. The Morgan fingerprint density at radius 2 is 2.03 bits per heavy atom. The highest BCUT2D eigenvalue weighted by Gasteiger charge is 2.23. The third kappa shape index (κ3) is 3.76. The molecule has 0 spiro atoms. The number of carboxylic acid groups (broad SMARTS) is 1. The monoisotopic (exact) mass is 391 g/mol. The molecule has 0 radical (unpaired) electrons. The van der Waals surface area contributed by atoms with Gasteiger partial charge in [-0.3, -0.25) is 9.69 Å². The molecule has 150 valence electrons. The first-order valence-corrected chi connectivity index (χ1v) is 9.93. The Labute approximate surface area is 169 Å². The molecule has 4 rings (SSSR count). The molecule has 0 saturated carbocycles. The molecule has 1 aliphatic heterocycles. The molecule has 2 N–H and O–H groups in total. The van der Waals surface area contributed by atoms with Crippen molar-refractivity contribution >= 4 is 23.3 Å². The summed E-state index contributed by atoms with van der Waals surface area (Å²) in [6, 6.07) is 15.6. The maximum atomic E-state index is 11.6. The van der Waals surface area contributed by atoms with E-state index in [1.54, 1.807) is 12.1 Å². The highest BCUT2D eigenvalue weighted by molar-refractivity contribution is 5.96. The average Bonchev–Trinajstić information content (AvgIpc) is 3.00. The van der Waals surface area contributed by atoms with Crippen molar-refractivity contribution in [3.63, 3.8) is 0 Å². The van der Waals surface area contributed by atoms with Crippen LogP contribution in [0.3, 0.4) is 0 Å².